The Hall–Kier alpha value is -2.53. The van der Waals surface area contributed by atoms with E-state index in [0.717, 1.165) is 41.9 Å². The summed E-state index contributed by atoms with van der Waals surface area (Å²) in [6, 6.07) is 10.7. The Kier molecular flexibility index (Phi) is 3.88. The fourth-order valence-electron chi connectivity index (χ4n) is 3.70. The van der Waals surface area contributed by atoms with Crippen molar-refractivity contribution in [3.63, 3.8) is 0 Å². The minimum Gasteiger partial charge on any atom is -0.493 e. The summed E-state index contributed by atoms with van der Waals surface area (Å²) in [7, 11) is 5.42. The lowest BCUT2D eigenvalue weighted by molar-refractivity contribution is 0.311. The Morgan fingerprint density at radius 3 is 2.36 bits per heavy atom. The highest BCUT2D eigenvalue weighted by molar-refractivity contribution is 5.90. The second-order valence-electron chi connectivity index (χ2n) is 6.45. The summed E-state index contributed by atoms with van der Waals surface area (Å²) in [6.07, 6.45) is 0.947. The number of hydrogen-bond donors (Lipinski definition) is 0. The number of ether oxygens (including phenoxy) is 2. The van der Waals surface area contributed by atoms with E-state index in [9.17, 15) is 4.39 Å². The van der Waals surface area contributed by atoms with Gasteiger partial charge in [0.1, 0.15) is 5.82 Å². The van der Waals surface area contributed by atoms with Crippen LogP contribution in [0.2, 0.25) is 0 Å². The standard InChI is InChI=1S/C20H21FN2O2/c1-22-9-8-17-16(12-22)15-10-19(24-2)20(25-3)11-18(15)23(17)14-6-4-13(21)5-7-14/h4-7,10-11H,8-9,12H2,1-3H3. The van der Waals surface area contributed by atoms with Gasteiger partial charge in [0.15, 0.2) is 11.5 Å². The molecule has 1 aromatic heterocycles. The number of aromatic nitrogens is 1. The van der Waals surface area contributed by atoms with Gasteiger partial charge in [-0.15, -0.1) is 0 Å². The molecular weight excluding hydrogens is 319 g/mol. The molecule has 1 aliphatic rings. The maximum absolute atomic E-state index is 13.4. The Morgan fingerprint density at radius 2 is 1.68 bits per heavy atom. The minimum absolute atomic E-state index is 0.229. The first-order valence-electron chi connectivity index (χ1n) is 8.35. The third-order valence-electron chi connectivity index (χ3n) is 4.93. The van der Waals surface area contributed by atoms with Gasteiger partial charge in [0.25, 0.3) is 0 Å². The molecule has 25 heavy (non-hydrogen) atoms. The lowest BCUT2D eigenvalue weighted by atomic mass is 10.0. The molecular formula is C20H21FN2O2. The van der Waals surface area contributed by atoms with Crippen LogP contribution in [0, 0.1) is 5.82 Å². The van der Waals surface area contributed by atoms with Crippen LogP contribution >= 0.6 is 0 Å². The molecule has 3 aromatic rings. The van der Waals surface area contributed by atoms with Gasteiger partial charge in [-0.25, -0.2) is 4.39 Å². The maximum atomic E-state index is 13.4. The molecule has 1 aliphatic heterocycles. The summed E-state index contributed by atoms with van der Waals surface area (Å²) in [5, 5.41) is 1.16. The summed E-state index contributed by atoms with van der Waals surface area (Å²) in [6.45, 7) is 1.88. The average molecular weight is 340 g/mol. The van der Waals surface area contributed by atoms with Gasteiger partial charge in [0.05, 0.1) is 19.7 Å². The van der Waals surface area contributed by atoms with E-state index in [2.05, 4.69) is 16.5 Å². The van der Waals surface area contributed by atoms with E-state index in [1.807, 2.05) is 24.3 Å². The number of benzene rings is 2. The molecule has 0 saturated carbocycles. The second-order valence-corrected chi connectivity index (χ2v) is 6.45. The number of halogens is 1. The molecule has 5 heteroatoms. The van der Waals surface area contributed by atoms with Crippen molar-refractivity contribution in [2.45, 2.75) is 13.0 Å². The summed E-state index contributed by atoms with van der Waals surface area (Å²) in [5.74, 6) is 1.19. The second kappa shape index (κ2) is 6.08. The molecule has 0 amide bonds. The Labute approximate surface area is 146 Å². The molecule has 4 nitrogen and oxygen atoms in total. The zero-order valence-corrected chi connectivity index (χ0v) is 14.7. The Balaban J connectivity index is 2.05. The van der Waals surface area contributed by atoms with E-state index in [-0.39, 0.29) is 5.82 Å². The van der Waals surface area contributed by atoms with Crippen molar-refractivity contribution in [2.24, 2.45) is 0 Å². The van der Waals surface area contributed by atoms with Crippen molar-refractivity contribution in [2.75, 3.05) is 27.8 Å². The molecule has 0 N–H and O–H groups in total. The van der Waals surface area contributed by atoms with Gasteiger partial charge in [-0.2, -0.15) is 0 Å². The first kappa shape index (κ1) is 16.0. The highest BCUT2D eigenvalue weighted by Gasteiger charge is 2.24. The van der Waals surface area contributed by atoms with E-state index < -0.39 is 0 Å². The minimum atomic E-state index is -0.229. The number of rotatable bonds is 3. The molecule has 0 spiro atoms. The quantitative estimate of drug-likeness (QED) is 0.726. The van der Waals surface area contributed by atoms with Crippen LogP contribution in [-0.2, 0) is 13.0 Å². The van der Waals surface area contributed by atoms with Gasteiger partial charge in [-0.05, 0) is 42.9 Å². The molecule has 130 valence electrons. The predicted molar refractivity (Wildman–Crippen MR) is 96.4 cm³/mol. The SMILES string of the molecule is COc1cc2c3c(n(-c4ccc(F)cc4)c2cc1OC)CCN(C)C3. The topological polar surface area (TPSA) is 26.6 Å². The van der Waals surface area contributed by atoms with Crippen LogP contribution in [-0.4, -0.2) is 37.3 Å². The van der Waals surface area contributed by atoms with Crippen molar-refractivity contribution < 1.29 is 13.9 Å². The van der Waals surface area contributed by atoms with E-state index in [0.29, 0.717) is 5.75 Å². The number of methoxy groups -OCH3 is 2. The molecule has 2 heterocycles. The van der Waals surface area contributed by atoms with Gasteiger partial charge in [-0.1, -0.05) is 0 Å². The van der Waals surface area contributed by atoms with Gasteiger partial charge in [0.2, 0.25) is 0 Å². The van der Waals surface area contributed by atoms with E-state index >= 15 is 0 Å². The van der Waals surface area contributed by atoms with E-state index in [4.69, 9.17) is 9.47 Å². The van der Waals surface area contributed by atoms with Gasteiger partial charge in [-0.3, -0.25) is 0 Å². The molecule has 0 radical (unpaired) electrons. The number of hydrogen-bond acceptors (Lipinski definition) is 3. The first-order chi connectivity index (χ1) is 12.1. The predicted octanol–water partition coefficient (Wildman–Crippen LogP) is 3.77. The van der Waals surface area contributed by atoms with Crippen molar-refractivity contribution in [3.8, 4) is 17.2 Å². The van der Waals surface area contributed by atoms with Gasteiger partial charge in [0, 0.05) is 42.3 Å². The monoisotopic (exact) mass is 340 g/mol. The molecule has 0 fully saturated rings. The Bertz CT molecular complexity index is 931. The Morgan fingerprint density at radius 1 is 1.00 bits per heavy atom. The molecule has 0 bridgehead atoms. The maximum Gasteiger partial charge on any atom is 0.162 e. The fourth-order valence-corrected chi connectivity index (χ4v) is 3.70. The van der Waals surface area contributed by atoms with Crippen molar-refractivity contribution >= 4 is 10.9 Å². The van der Waals surface area contributed by atoms with Crippen LogP contribution in [0.5, 0.6) is 11.5 Å². The summed E-state index contributed by atoms with van der Waals surface area (Å²) >= 11 is 0. The fraction of sp³-hybridized carbons (Fsp3) is 0.300. The largest absolute Gasteiger partial charge is 0.493 e. The van der Waals surface area contributed by atoms with Crippen LogP contribution in [0.4, 0.5) is 4.39 Å². The van der Waals surface area contributed by atoms with Gasteiger partial charge < -0.3 is 18.9 Å². The molecule has 2 aromatic carbocycles. The van der Waals surface area contributed by atoms with Crippen LogP contribution in [0.15, 0.2) is 36.4 Å². The average Bonchev–Trinajstić information content (AvgIpc) is 2.94. The first-order valence-corrected chi connectivity index (χ1v) is 8.35. The normalized spacial score (nSPS) is 14.6. The van der Waals surface area contributed by atoms with Crippen LogP contribution in [0.25, 0.3) is 16.6 Å². The molecule has 0 aliphatic carbocycles. The smallest absolute Gasteiger partial charge is 0.162 e. The van der Waals surface area contributed by atoms with Crippen molar-refractivity contribution in [1.29, 1.82) is 0 Å². The molecule has 0 unspecified atom stereocenters. The molecule has 0 saturated heterocycles. The molecule has 0 atom stereocenters. The zero-order valence-electron chi connectivity index (χ0n) is 14.7. The number of likely N-dealkylation sites (N-methyl/N-ethyl adjacent to an activating group) is 1. The molecule has 4 rings (SSSR count). The third kappa shape index (κ3) is 2.55. The zero-order chi connectivity index (χ0) is 17.6. The lowest BCUT2D eigenvalue weighted by Gasteiger charge is -2.24. The van der Waals surface area contributed by atoms with E-state index in [1.165, 1.54) is 23.4 Å². The highest BCUT2D eigenvalue weighted by atomic mass is 19.1. The summed E-state index contributed by atoms with van der Waals surface area (Å²) in [4.78, 5) is 2.31. The number of fused-ring (bicyclic) bond motifs is 3. The lowest BCUT2D eigenvalue weighted by Crippen LogP contribution is -2.27. The van der Waals surface area contributed by atoms with Crippen molar-refractivity contribution in [3.05, 3.63) is 53.5 Å². The van der Waals surface area contributed by atoms with Crippen LogP contribution in [0.3, 0.4) is 0 Å². The van der Waals surface area contributed by atoms with Crippen LogP contribution < -0.4 is 9.47 Å². The third-order valence-corrected chi connectivity index (χ3v) is 4.93. The van der Waals surface area contributed by atoms with Gasteiger partial charge >= 0.3 is 0 Å². The van der Waals surface area contributed by atoms with E-state index in [1.54, 1.807) is 14.2 Å². The summed E-state index contributed by atoms with van der Waals surface area (Å²) < 4.78 is 26.6. The van der Waals surface area contributed by atoms with Crippen molar-refractivity contribution in [1.82, 2.24) is 9.47 Å². The van der Waals surface area contributed by atoms with Crippen LogP contribution in [0.1, 0.15) is 11.3 Å². The summed E-state index contributed by atoms with van der Waals surface area (Å²) in [5.41, 5.74) is 4.60. The number of nitrogens with zero attached hydrogens (tertiary/aromatic N) is 2. The highest BCUT2D eigenvalue weighted by Crippen LogP contribution is 2.39.